The summed E-state index contributed by atoms with van der Waals surface area (Å²) in [7, 11) is 0. The first-order chi connectivity index (χ1) is 11.7. The van der Waals surface area contributed by atoms with Crippen LogP contribution in [0.1, 0.15) is 37.8 Å². The van der Waals surface area contributed by atoms with Crippen LogP contribution in [0.15, 0.2) is 30.3 Å². The number of benzene rings is 1. The van der Waals surface area contributed by atoms with Crippen LogP contribution in [0, 0.1) is 11.8 Å². The summed E-state index contributed by atoms with van der Waals surface area (Å²) < 4.78 is 11.5. The van der Waals surface area contributed by atoms with Crippen molar-refractivity contribution in [2.24, 2.45) is 11.8 Å². The summed E-state index contributed by atoms with van der Waals surface area (Å²) in [5.41, 5.74) is 1.20. The van der Waals surface area contributed by atoms with Crippen molar-refractivity contribution in [3.63, 3.8) is 0 Å². The topological polar surface area (TPSA) is 50.8 Å². The second kappa shape index (κ2) is 6.37. The third-order valence-corrected chi connectivity index (χ3v) is 5.66. The van der Waals surface area contributed by atoms with Gasteiger partial charge in [-0.05, 0) is 23.8 Å². The molecule has 0 unspecified atom stereocenters. The van der Waals surface area contributed by atoms with E-state index in [-0.39, 0.29) is 12.1 Å². The van der Waals surface area contributed by atoms with Crippen molar-refractivity contribution in [2.75, 3.05) is 26.3 Å². The Labute approximate surface area is 143 Å². The van der Waals surface area contributed by atoms with Gasteiger partial charge in [-0.2, -0.15) is 0 Å². The van der Waals surface area contributed by atoms with E-state index in [0.717, 1.165) is 12.8 Å². The van der Waals surface area contributed by atoms with Gasteiger partial charge in [-0.15, -0.1) is 0 Å². The Morgan fingerprint density at radius 3 is 2.42 bits per heavy atom. The standard InChI is InChI=1S/C19H26N2O3/c1-14-13-16(14)17(15-5-3-2-4-6-15)20-18(22)21-9-7-19(8-10-21)23-11-12-24-19/h2-6,14,16-17H,7-13H2,1H3,(H,20,22)/t14-,16-,17+/m1/s1. The van der Waals surface area contributed by atoms with Crippen molar-refractivity contribution in [1.82, 2.24) is 10.2 Å². The van der Waals surface area contributed by atoms with Gasteiger partial charge in [0, 0.05) is 25.9 Å². The third kappa shape index (κ3) is 3.15. The van der Waals surface area contributed by atoms with Crippen LogP contribution in [-0.2, 0) is 9.47 Å². The fraction of sp³-hybridized carbons (Fsp3) is 0.632. The lowest BCUT2D eigenvalue weighted by Gasteiger charge is -2.38. The molecule has 130 valence electrons. The molecule has 0 radical (unpaired) electrons. The highest BCUT2D eigenvalue weighted by molar-refractivity contribution is 5.75. The Morgan fingerprint density at radius 1 is 1.21 bits per heavy atom. The molecule has 0 bridgehead atoms. The second-order valence-corrected chi connectivity index (χ2v) is 7.31. The van der Waals surface area contributed by atoms with Gasteiger partial charge in [0.15, 0.2) is 5.79 Å². The minimum atomic E-state index is -0.430. The van der Waals surface area contributed by atoms with Gasteiger partial charge in [0.1, 0.15) is 0 Å². The number of carbonyl (C=O) groups is 1. The molecule has 24 heavy (non-hydrogen) atoms. The van der Waals surface area contributed by atoms with Crippen LogP contribution in [0.4, 0.5) is 4.79 Å². The van der Waals surface area contributed by atoms with Gasteiger partial charge in [-0.3, -0.25) is 0 Å². The maximum Gasteiger partial charge on any atom is 0.317 e. The number of nitrogens with one attached hydrogen (secondary N) is 1. The lowest BCUT2D eigenvalue weighted by Crippen LogP contribution is -2.51. The van der Waals surface area contributed by atoms with Crippen LogP contribution < -0.4 is 5.32 Å². The number of piperidine rings is 1. The number of amides is 2. The molecule has 1 spiro atoms. The average molecular weight is 330 g/mol. The summed E-state index contributed by atoms with van der Waals surface area (Å²) in [5, 5.41) is 3.28. The summed E-state index contributed by atoms with van der Waals surface area (Å²) in [4.78, 5) is 14.7. The van der Waals surface area contributed by atoms with Crippen LogP contribution in [0.3, 0.4) is 0 Å². The molecule has 3 fully saturated rings. The van der Waals surface area contributed by atoms with Gasteiger partial charge in [0.25, 0.3) is 0 Å². The average Bonchev–Trinajstić information content (AvgIpc) is 3.16. The zero-order valence-corrected chi connectivity index (χ0v) is 14.2. The number of rotatable bonds is 3. The number of ether oxygens (including phenoxy) is 2. The lowest BCUT2D eigenvalue weighted by molar-refractivity contribution is -0.181. The first kappa shape index (κ1) is 15.9. The van der Waals surface area contributed by atoms with Crippen LogP contribution in [0.25, 0.3) is 0 Å². The summed E-state index contributed by atoms with van der Waals surface area (Å²) >= 11 is 0. The molecule has 2 aliphatic heterocycles. The highest BCUT2D eigenvalue weighted by Gasteiger charge is 2.43. The molecule has 2 saturated heterocycles. The van der Waals surface area contributed by atoms with Gasteiger partial charge >= 0.3 is 6.03 Å². The molecule has 5 nitrogen and oxygen atoms in total. The number of hydrogen-bond donors (Lipinski definition) is 1. The summed E-state index contributed by atoms with van der Waals surface area (Å²) in [5.74, 6) is 0.801. The van der Waals surface area contributed by atoms with Crippen molar-refractivity contribution in [3.05, 3.63) is 35.9 Å². The quantitative estimate of drug-likeness (QED) is 0.927. The van der Waals surface area contributed by atoms with Crippen LogP contribution in [0.5, 0.6) is 0 Å². The molecule has 1 saturated carbocycles. The first-order valence-corrected chi connectivity index (χ1v) is 9.05. The SMILES string of the molecule is C[C@@H]1C[C@H]1[C@@H](NC(=O)N1CCC2(CC1)OCCO2)c1ccccc1. The molecule has 4 rings (SSSR count). The lowest BCUT2D eigenvalue weighted by atomic mass is 10.0. The summed E-state index contributed by atoms with van der Waals surface area (Å²) in [6, 6.07) is 10.5. The zero-order valence-electron chi connectivity index (χ0n) is 14.2. The maximum atomic E-state index is 12.8. The predicted octanol–water partition coefficient (Wildman–Crippen LogP) is 2.93. The normalized spacial score (nSPS) is 29.5. The van der Waals surface area contributed by atoms with Gasteiger partial charge in [-0.1, -0.05) is 37.3 Å². The van der Waals surface area contributed by atoms with Gasteiger partial charge in [-0.25, -0.2) is 4.79 Å². The van der Waals surface area contributed by atoms with Gasteiger partial charge in [0.05, 0.1) is 19.3 Å². The highest BCUT2D eigenvalue weighted by atomic mass is 16.7. The molecule has 1 N–H and O–H groups in total. The van der Waals surface area contributed by atoms with Crippen LogP contribution in [0.2, 0.25) is 0 Å². The molecule has 2 amide bonds. The molecule has 1 aromatic rings. The van der Waals surface area contributed by atoms with E-state index in [1.807, 2.05) is 23.1 Å². The molecule has 0 aromatic heterocycles. The van der Waals surface area contributed by atoms with Crippen molar-refractivity contribution < 1.29 is 14.3 Å². The van der Waals surface area contributed by atoms with E-state index in [4.69, 9.17) is 9.47 Å². The highest BCUT2D eigenvalue weighted by Crippen LogP contribution is 2.47. The predicted molar refractivity (Wildman–Crippen MR) is 90.4 cm³/mol. The number of carbonyl (C=O) groups excluding carboxylic acids is 1. The zero-order chi connectivity index (χ0) is 16.6. The van der Waals surface area contributed by atoms with E-state index >= 15 is 0 Å². The van der Waals surface area contributed by atoms with Crippen LogP contribution in [-0.4, -0.2) is 43.0 Å². The fourth-order valence-corrected chi connectivity index (χ4v) is 3.97. The Balaban J connectivity index is 1.39. The van der Waals surface area contributed by atoms with E-state index in [1.165, 1.54) is 12.0 Å². The number of urea groups is 1. The number of hydrogen-bond acceptors (Lipinski definition) is 3. The Hall–Kier alpha value is -1.59. The maximum absolute atomic E-state index is 12.8. The smallest absolute Gasteiger partial charge is 0.317 e. The third-order valence-electron chi connectivity index (χ3n) is 5.66. The van der Waals surface area contributed by atoms with Crippen molar-refractivity contribution in [2.45, 2.75) is 38.0 Å². The summed E-state index contributed by atoms with van der Waals surface area (Å²) in [6.07, 6.45) is 2.71. The van der Waals surface area contributed by atoms with Gasteiger partial charge in [0.2, 0.25) is 0 Å². The Morgan fingerprint density at radius 2 is 1.83 bits per heavy atom. The molecule has 3 atom stereocenters. The molecule has 1 aliphatic carbocycles. The van der Waals surface area contributed by atoms with Crippen molar-refractivity contribution >= 4 is 6.03 Å². The molecule has 1 aromatic carbocycles. The Bertz CT molecular complexity index is 576. The Kier molecular flexibility index (Phi) is 4.22. The van der Waals surface area contributed by atoms with Crippen molar-refractivity contribution in [1.29, 1.82) is 0 Å². The van der Waals surface area contributed by atoms with E-state index in [1.54, 1.807) is 0 Å². The molecular formula is C19H26N2O3. The van der Waals surface area contributed by atoms with Crippen molar-refractivity contribution in [3.8, 4) is 0 Å². The monoisotopic (exact) mass is 330 g/mol. The molecule has 2 heterocycles. The fourth-order valence-electron chi connectivity index (χ4n) is 3.97. The van der Waals surface area contributed by atoms with E-state index in [0.29, 0.717) is 38.1 Å². The molecular weight excluding hydrogens is 304 g/mol. The molecule has 3 aliphatic rings. The van der Waals surface area contributed by atoms with E-state index in [9.17, 15) is 4.79 Å². The van der Waals surface area contributed by atoms with Gasteiger partial charge < -0.3 is 19.7 Å². The van der Waals surface area contributed by atoms with E-state index < -0.39 is 5.79 Å². The van der Waals surface area contributed by atoms with E-state index in [2.05, 4.69) is 24.4 Å². The minimum Gasteiger partial charge on any atom is -0.347 e. The summed E-state index contributed by atoms with van der Waals surface area (Å²) in [6.45, 7) is 4.97. The second-order valence-electron chi connectivity index (χ2n) is 7.31. The molecule has 5 heteroatoms. The largest absolute Gasteiger partial charge is 0.347 e. The number of nitrogens with zero attached hydrogens (tertiary/aromatic N) is 1. The first-order valence-electron chi connectivity index (χ1n) is 9.05. The van der Waals surface area contributed by atoms with Crippen LogP contribution >= 0.6 is 0 Å². The number of likely N-dealkylation sites (tertiary alicyclic amines) is 1. The minimum absolute atomic E-state index is 0.0378.